The number of tetrazole rings is 1. The molecule has 0 fully saturated rings. The fraction of sp³-hybridized carbons (Fsp3) is 0.400. The Morgan fingerprint density at radius 3 is 2.92 bits per heavy atom. The van der Waals surface area contributed by atoms with Crippen molar-refractivity contribution in [1.82, 2.24) is 30.8 Å². The lowest BCUT2D eigenvalue weighted by Crippen LogP contribution is -2.45. The molecule has 2 aromatic rings. The molecule has 0 aliphatic heterocycles. The number of benzene rings is 1. The lowest BCUT2D eigenvalue weighted by atomic mass is 10.3. The summed E-state index contributed by atoms with van der Waals surface area (Å²) in [4.78, 5) is 23.7. The second-order valence-corrected chi connectivity index (χ2v) is 6.16. The molecule has 0 aliphatic rings. The maximum absolute atomic E-state index is 13.3. The molecule has 2 N–H and O–H groups in total. The molecule has 8 nitrogen and oxygen atoms in total. The van der Waals surface area contributed by atoms with Crippen LogP contribution in [0, 0.1) is 5.82 Å². The number of halogens is 1. The molecule has 0 spiro atoms. The first-order valence-corrected chi connectivity index (χ1v) is 8.74. The standard InChI is InChI=1S/C15H19FN6O2S/c1-3-7-17-14(24)10(2)18-13(23)9-25-15-19-20-21-22(15)12-6-4-5-11(16)8-12/h4-6,8,10H,3,7,9H2,1-2H3,(H,17,24)(H,18,23)/t10-/m1/s1. The van der Waals surface area contributed by atoms with E-state index < -0.39 is 11.9 Å². The number of amides is 2. The quantitative estimate of drug-likeness (QED) is 0.674. The zero-order valence-electron chi connectivity index (χ0n) is 13.9. The molecule has 2 rings (SSSR count). The number of hydrogen-bond acceptors (Lipinski definition) is 6. The molecule has 0 unspecified atom stereocenters. The molecular formula is C15H19FN6O2S. The van der Waals surface area contributed by atoms with Crippen LogP contribution in [-0.2, 0) is 9.59 Å². The second kappa shape index (κ2) is 9.11. The SMILES string of the molecule is CCCNC(=O)[C@@H](C)NC(=O)CSc1nnnn1-c1cccc(F)c1. The van der Waals surface area contributed by atoms with Gasteiger partial charge in [-0.3, -0.25) is 9.59 Å². The third-order valence-corrected chi connectivity index (χ3v) is 4.07. The maximum atomic E-state index is 13.3. The van der Waals surface area contributed by atoms with Crippen molar-refractivity contribution in [3.63, 3.8) is 0 Å². The summed E-state index contributed by atoms with van der Waals surface area (Å²) in [6.07, 6.45) is 0.824. The van der Waals surface area contributed by atoms with Crippen LogP contribution >= 0.6 is 11.8 Å². The van der Waals surface area contributed by atoms with Gasteiger partial charge in [-0.25, -0.2) is 4.39 Å². The van der Waals surface area contributed by atoms with Gasteiger partial charge < -0.3 is 10.6 Å². The molecule has 2 amide bonds. The van der Waals surface area contributed by atoms with Crippen LogP contribution in [0.1, 0.15) is 20.3 Å². The molecule has 1 atom stereocenters. The van der Waals surface area contributed by atoms with Gasteiger partial charge in [0.25, 0.3) is 0 Å². The van der Waals surface area contributed by atoms with Gasteiger partial charge in [0.2, 0.25) is 17.0 Å². The van der Waals surface area contributed by atoms with E-state index in [0.29, 0.717) is 17.4 Å². The lowest BCUT2D eigenvalue weighted by Gasteiger charge is -2.13. The molecule has 0 radical (unpaired) electrons. The van der Waals surface area contributed by atoms with Gasteiger partial charge in [-0.1, -0.05) is 24.8 Å². The van der Waals surface area contributed by atoms with Crippen molar-refractivity contribution in [2.75, 3.05) is 12.3 Å². The highest BCUT2D eigenvalue weighted by Gasteiger charge is 2.17. The predicted octanol–water partition coefficient (Wildman–Crippen LogP) is 0.924. The van der Waals surface area contributed by atoms with Gasteiger partial charge in [-0.05, 0) is 42.0 Å². The van der Waals surface area contributed by atoms with E-state index in [2.05, 4.69) is 26.2 Å². The van der Waals surface area contributed by atoms with E-state index in [9.17, 15) is 14.0 Å². The third-order valence-electron chi connectivity index (χ3n) is 3.15. The van der Waals surface area contributed by atoms with E-state index in [1.807, 2.05) is 6.92 Å². The molecule has 0 saturated carbocycles. The first-order valence-electron chi connectivity index (χ1n) is 7.75. The minimum atomic E-state index is -0.626. The molecule has 1 aromatic carbocycles. The normalized spacial score (nSPS) is 11.8. The summed E-state index contributed by atoms with van der Waals surface area (Å²) in [7, 11) is 0. The van der Waals surface area contributed by atoms with E-state index in [-0.39, 0.29) is 17.6 Å². The van der Waals surface area contributed by atoms with Crippen LogP contribution in [0.25, 0.3) is 5.69 Å². The minimum Gasteiger partial charge on any atom is -0.354 e. The van der Waals surface area contributed by atoms with Gasteiger partial charge in [0, 0.05) is 6.54 Å². The summed E-state index contributed by atoms with van der Waals surface area (Å²) in [6, 6.07) is 5.19. The Kier molecular flexibility index (Phi) is 6.87. The van der Waals surface area contributed by atoms with Gasteiger partial charge in [-0.2, -0.15) is 4.68 Å². The highest BCUT2D eigenvalue weighted by molar-refractivity contribution is 7.99. The summed E-state index contributed by atoms with van der Waals surface area (Å²) in [6.45, 7) is 4.13. The van der Waals surface area contributed by atoms with E-state index >= 15 is 0 Å². The van der Waals surface area contributed by atoms with Crippen molar-refractivity contribution < 1.29 is 14.0 Å². The smallest absolute Gasteiger partial charge is 0.242 e. The van der Waals surface area contributed by atoms with Gasteiger partial charge >= 0.3 is 0 Å². The predicted molar refractivity (Wildman–Crippen MR) is 90.7 cm³/mol. The van der Waals surface area contributed by atoms with Crippen molar-refractivity contribution in [3.05, 3.63) is 30.1 Å². The third kappa shape index (κ3) is 5.52. The molecule has 1 heterocycles. The Balaban J connectivity index is 1.91. The van der Waals surface area contributed by atoms with Gasteiger partial charge in [0.05, 0.1) is 11.4 Å². The lowest BCUT2D eigenvalue weighted by molar-refractivity contribution is -0.127. The van der Waals surface area contributed by atoms with Crippen LogP contribution in [0.3, 0.4) is 0 Å². The largest absolute Gasteiger partial charge is 0.354 e. The first kappa shape index (κ1) is 18.8. The Morgan fingerprint density at radius 2 is 2.20 bits per heavy atom. The molecule has 25 heavy (non-hydrogen) atoms. The van der Waals surface area contributed by atoms with E-state index in [1.54, 1.807) is 19.1 Å². The summed E-state index contributed by atoms with van der Waals surface area (Å²) in [5, 5.41) is 16.9. The van der Waals surface area contributed by atoms with Crippen molar-refractivity contribution in [1.29, 1.82) is 0 Å². The number of nitrogens with zero attached hydrogens (tertiary/aromatic N) is 4. The Morgan fingerprint density at radius 1 is 1.40 bits per heavy atom. The highest BCUT2D eigenvalue weighted by atomic mass is 32.2. The Bertz CT molecular complexity index is 738. The molecule has 0 bridgehead atoms. The Labute approximate surface area is 148 Å². The second-order valence-electron chi connectivity index (χ2n) is 5.22. The minimum absolute atomic E-state index is 0.0289. The molecule has 10 heteroatoms. The van der Waals surface area contributed by atoms with Crippen LogP contribution < -0.4 is 10.6 Å². The molecular weight excluding hydrogens is 347 g/mol. The van der Waals surface area contributed by atoms with Crippen molar-refractivity contribution in [2.45, 2.75) is 31.5 Å². The van der Waals surface area contributed by atoms with Crippen LogP contribution in [0.4, 0.5) is 4.39 Å². The van der Waals surface area contributed by atoms with Gasteiger partial charge in [0.15, 0.2) is 0 Å². The van der Waals surface area contributed by atoms with Crippen molar-refractivity contribution in [2.24, 2.45) is 0 Å². The molecule has 1 aromatic heterocycles. The van der Waals surface area contributed by atoms with Crippen LogP contribution in [0.5, 0.6) is 0 Å². The van der Waals surface area contributed by atoms with Crippen LogP contribution in [-0.4, -0.2) is 50.4 Å². The summed E-state index contributed by atoms with van der Waals surface area (Å²) in [5.41, 5.74) is 0.459. The number of hydrogen-bond donors (Lipinski definition) is 2. The van der Waals surface area contributed by atoms with E-state index in [4.69, 9.17) is 0 Å². The van der Waals surface area contributed by atoms with Crippen molar-refractivity contribution >= 4 is 23.6 Å². The number of carbonyl (C=O) groups excluding carboxylic acids is 2. The topological polar surface area (TPSA) is 102 Å². The summed E-state index contributed by atoms with van der Waals surface area (Å²) >= 11 is 1.09. The summed E-state index contributed by atoms with van der Waals surface area (Å²) < 4.78 is 14.7. The summed E-state index contributed by atoms with van der Waals surface area (Å²) in [5.74, 6) is -0.933. The highest BCUT2D eigenvalue weighted by Crippen LogP contribution is 2.18. The van der Waals surface area contributed by atoms with E-state index in [0.717, 1.165) is 18.2 Å². The van der Waals surface area contributed by atoms with Gasteiger partial charge in [-0.15, -0.1) is 5.10 Å². The first-order chi connectivity index (χ1) is 12.0. The number of carbonyl (C=O) groups is 2. The van der Waals surface area contributed by atoms with Crippen LogP contribution in [0.15, 0.2) is 29.4 Å². The average molecular weight is 366 g/mol. The number of nitrogens with one attached hydrogen (secondary N) is 2. The van der Waals surface area contributed by atoms with Crippen molar-refractivity contribution in [3.8, 4) is 5.69 Å². The fourth-order valence-electron chi connectivity index (χ4n) is 1.92. The van der Waals surface area contributed by atoms with Crippen LogP contribution in [0.2, 0.25) is 0 Å². The van der Waals surface area contributed by atoms with Gasteiger partial charge in [0.1, 0.15) is 11.9 Å². The number of aromatic nitrogens is 4. The Hall–Kier alpha value is -2.49. The maximum Gasteiger partial charge on any atom is 0.242 e. The molecule has 0 aliphatic carbocycles. The molecule has 0 saturated heterocycles. The average Bonchev–Trinajstić information content (AvgIpc) is 3.06. The number of thioether (sulfide) groups is 1. The number of rotatable bonds is 8. The monoisotopic (exact) mass is 366 g/mol. The zero-order valence-corrected chi connectivity index (χ0v) is 14.7. The fourth-order valence-corrected chi connectivity index (χ4v) is 2.62. The molecule has 134 valence electrons. The zero-order chi connectivity index (χ0) is 18.2. The van der Waals surface area contributed by atoms with E-state index in [1.165, 1.54) is 16.8 Å².